The smallest absolute Gasteiger partial charge is 0.182 e. The topological polar surface area (TPSA) is 20.7 Å². The van der Waals surface area contributed by atoms with E-state index in [9.17, 15) is 4.39 Å². The second-order valence-corrected chi connectivity index (χ2v) is 5.56. The van der Waals surface area contributed by atoms with Crippen molar-refractivity contribution in [1.82, 2.24) is 9.55 Å². The molecule has 0 bridgehead atoms. The summed E-state index contributed by atoms with van der Waals surface area (Å²) in [5, 5.41) is 0.678. The number of imidazole rings is 1. The molecule has 2 aromatic carbocycles. The van der Waals surface area contributed by atoms with Crippen LogP contribution in [0, 0.1) is 24.4 Å². The molecule has 0 amide bonds. The highest BCUT2D eigenvalue weighted by Crippen LogP contribution is 2.27. The summed E-state index contributed by atoms with van der Waals surface area (Å²) >= 11 is 11.5. The third kappa shape index (κ3) is 1.96. The van der Waals surface area contributed by atoms with Gasteiger partial charge in [0.15, 0.2) is 4.77 Å². The van der Waals surface area contributed by atoms with E-state index in [0.29, 0.717) is 20.9 Å². The van der Waals surface area contributed by atoms with Gasteiger partial charge in [0.05, 0.1) is 16.7 Å². The van der Waals surface area contributed by atoms with Crippen LogP contribution < -0.4 is 0 Å². The fourth-order valence-electron chi connectivity index (χ4n) is 2.31. The molecular formula is C15H12ClFN2S. The molecule has 0 atom stereocenters. The van der Waals surface area contributed by atoms with Crippen LogP contribution in [0.4, 0.5) is 4.39 Å². The van der Waals surface area contributed by atoms with Gasteiger partial charge in [0, 0.05) is 5.02 Å². The first kappa shape index (κ1) is 13.3. The fraction of sp³-hybridized carbons (Fsp3) is 0.133. The molecular weight excluding hydrogens is 295 g/mol. The minimum absolute atomic E-state index is 0.247. The standard InChI is InChI=1S/C15H12ClFN2S/c1-8-6-14-12(7-11(8)17)18-15(20)19(14)13-5-3-4-10(16)9(13)2/h3-7H,1-2H3,(H,18,20). The van der Waals surface area contributed by atoms with Crippen molar-refractivity contribution in [3.05, 3.63) is 57.1 Å². The number of aromatic nitrogens is 2. The molecule has 0 aliphatic heterocycles. The summed E-state index contributed by atoms with van der Waals surface area (Å²) in [5.74, 6) is -0.247. The number of halogens is 2. The van der Waals surface area contributed by atoms with Crippen LogP contribution in [0.3, 0.4) is 0 Å². The molecule has 1 heterocycles. The summed E-state index contributed by atoms with van der Waals surface area (Å²) in [6, 6.07) is 8.92. The highest BCUT2D eigenvalue weighted by Gasteiger charge is 2.12. The van der Waals surface area contributed by atoms with Crippen molar-refractivity contribution in [3.63, 3.8) is 0 Å². The molecule has 0 spiro atoms. The van der Waals surface area contributed by atoms with Gasteiger partial charge in [0.1, 0.15) is 5.82 Å². The maximum Gasteiger partial charge on any atom is 0.182 e. The molecule has 0 saturated heterocycles. The quantitative estimate of drug-likeness (QED) is 0.620. The van der Waals surface area contributed by atoms with Crippen LogP contribution in [0.5, 0.6) is 0 Å². The van der Waals surface area contributed by atoms with Crippen LogP contribution in [0.1, 0.15) is 11.1 Å². The maximum absolute atomic E-state index is 13.7. The largest absolute Gasteiger partial charge is 0.330 e. The minimum Gasteiger partial charge on any atom is -0.330 e. The van der Waals surface area contributed by atoms with Crippen LogP contribution in [-0.4, -0.2) is 9.55 Å². The van der Waals surface area contributed by atoms with Crippen molar-refractivity contribution in [3.8, 4) is 5.69 Å². The summed E-state index contributed by atoms with van der Waals surface area (Å²) in [4.78, 5) is 3.03. The lowest BCUT2D eigenvalue weighted by molar-refractivity contribution is 0.620. The van der Waals surface area contributed by atoms with E-state index in [4.69, 9.17) is 23.8 Å². The zero-order valence-corrected chi connectivity index (χ0v) is 12.6. The first-order chi connectivity index (χ1) is 9.49. The molecule has 1 N–H and O–H groups in total. The highest BCUT2D eigenvalue weighted by molar-refractivity contribution is 7.71. The number of aryl methyl sites for hydroxylation is 1. The lowest BCUT2D eigenvalue weighted by Crippen LogP contribution is -1.98. The Bertz CT molecular complexity index is 879. The van der Waals surface area contributed by atoms with Crippen LogP contribution in [-0.2, 0) is 0 Å². The number of nitrogens with one attached hydrogen (secondary N) is 1. The fourth-order valence-corrected chi connectivity index (χ4v) is 2.79. The normalized spacial score (nSPS) is 11.2. The van der Waals surface area contributed by atoms with Crippen LogP contribution in [0.25, 0.3) is 16.7 Å². The van der Waals surface area contributed by atoms with E-state index in [1.807, 2.05) is 29.7 Å². The molecule has 3 aromatic rings. The zero-order chi connectivity index (χ0) is 14.4. The average Bonchev–Trinajstić information content (AvgIpc) is 2.69. The highest BCUT2D eigenvalue weighted by atomic mass is 35.5. The van der Waals surface area contributed by atoms with E-state index < -0.39 is 0 Å². The Labute approximate surface area is 125 Å². The van der Waals surface area contributed by atoms with Crippen LogP contribution >= 0.6 is 23.8 Å². The van der Waals surface area contributed by atoms with Crippen LogP contribution in [0.2, 0.25) is 5.02 Å². The SMILES string of the molecule is Cc1cc2c(cc1F)[nH]c(=S)n2-c1cccc(Cl)c1C. The van der Waals surface area contributed by atoms with Gasteiger partial charge in [-0.05, 0) is 61.5 Å². The van der Waals surface area contributed by atoms with E-state index in [-0.39, 0.29) is 5.82 Å². The van der Waals surface area contributed by atoms with E-state index in [1.165, 1.54) is 6.07 Å². The lowest BCUT2D eigenvalue weighted by atomic mass is 10.1. The monoisotopic (exact) mass is 306 g/mol. The summed E-state index contributed by atoms with van der Waals surface area (Å²) in [6.07, 6.45) is 0. The number of hydrogen-bond donors (Lipinski definition) is 1. The third-order valence-electron chi connectivity index (χ3n) is 3.44. The van der Waals surface area contributed by atoms with Gasteiger partial charge in [-0.3, -0.25) is 4.57 Å². The van der Waals surface area contributed by atoms with Gasteiger partial charge < -0.3 is 4.98 Å². The van der Waals surface area contributed by atoms with Gasteiger partial charge in [-0.25, -0.2) is 4.39 Å². The van der Waals surface area contributed by atoms with E-state index >= 15 is 0 Å². The Morgan fingerprint density at radius 2 is 2.00 bits per heavy atom. The number of H-pyrrole nitrogens is 1. The molecule has 0 aliphatic rings. The maximum atomic E-state index is 13.7. The second-order valence-electron chi connectivity index (χ2n) is 4.77. The van der Waals surface area contributed by atoms with Crippen molar-refractivity contribution >= 4 is 34.9 Å². The van der Waals surface area contributed by atoms with Gasteiger partial charge in [-0.2, -0.15) is 0 Å². The van der Waals surface area contributed by atoms with Crippen molar-refractivity contribution < 1.29 is 4.39 Å². The molecule has 0 aliphatic carbocycles. The van der Waals surface area contributed by atoms with Gasteiger partial charge in [0.25, 0.3) is 0 Å². The van der Waals surface area contributed by atoms with Crippen molar-refractivity contribution in [2.45, 2.75) is 13.8 Å². The van der Waals surface area contributed by atoms with E-state index in [1.54, 1.807) is 13.0 Å². The van der Waals surface area contributed by atoms with Gasteiger partial charge in [0.2, 0.25) is 0 Å². The number of fused-ring (bicyclic) bond motifs is 1. The lowest BCUT2D eigenvalue weighted by Gasteiger charge is -2.10. The van der Waals surface area contributed by atoms with Crippen molar-refractivity contribution in [1.29, 1.82) is 0 Å². The Morgan fingerprint density at radius 1 is 1.25 bits per heavy atom. The molecule has 1 aromatic heterocycles. The first-order valence-electron chi connectivity index (χ1n) is 6.15. The van der Waals surface area contributed by atoms with Gasteiger partial charge >= 0.3 is 0 Å². The molecule has 0 radical (unpaired) electrons. The van der Waals surface area contributed by atoms with Crippen LogP contribution in [0.15, 0.2) is 30.3 Å². The summed E-state index contributed by atoms with van der Waals surface area (Å²) in [7, 11) is 0. The first-order valence-corrected chi connectivity index (χ1v) is 6.94. The van der Waals surface area contributed by atoms with Crippen molar-refractivity contribution in [2.24, 2.45) is 0 Å². The third-order valence-corrected chi connectivity index (χ3v) is 4.14. The second kappa shape index (κ2) is 4.72. The molecule has 2 nitrogen and oxygen atoms in total. The van der Waals surface area contributed by atoms with Gasteiger partial charge in [-0.1, -0.05) is 17.7 Å². The molecule has 0 unspecified atom stereocenters. The molecule has 102 valence electrons. The summed E-state index contributed by atoms with van der Waals surface area (Å²) in [5.41, 5.74) is 3.95. The Balaban J connectivity index is 2.42. The molecule has 3 rings (SSSR count). The van der Waals surface area contributed by atoms with Crippen molar-refractivity contribution in [2.75, 3.05) is 0 Å². The summed E-state index contributed by atoms with van der Waals surface area (Å²) < 4.78 is 16.1. The number of hydrogen-bond acceptors (Lipinski definition) is 1. The van der Waals surface area contributed by atoms with E-state index in [0.717, 1.165) is 16.8 Å². The molecule has 5 heteroatoms. The van der Waals surface area contributed by atoms with Gasteiger partial charge in [-0.15, -0.1) is 0 Å². The number of nitrogens with zero attached hydrogens (tertiary/aromatic N) is 1. The zero-order valence-electron chi connectivity index (χ0n) is 11.0. The molecule has 0 fully saturated rings. The number of rotatable bonds is 1. The molecule has 0 saturated carbocycles. The minimum atomic E-state index is -0.247. The number of aromatic amines is 1. The Hall–Kier alpha value is -1.65. The Kier molecular flexibility index (Phi) is 3.15. The number of benzene rings is 2. The predicted molar refractivity (Wildman–Crippen MR) is 82.9 cm³/mol. The summed E-state index contributed by atoms with van der Waals surface area (Å²) in [6.45, 7) is 3.68. The van der Waals surface area contributed by atoms with E-state index in [2.05, 4.69) is 4.98 Å². The molecule has 20 heavy (non-hydrogen) atoms. The predicted octanol–water partition coefficient (Wildman–Crippen LogP) is 5.10. The average molecular weight is 307 g/mol. The Morgan fingerprint density at radius 3 is 2.75 bits per heavy atom.